The van der Waals surface area contributed by atoms with Crippen LogP contribution in [-0.4, -0.2) is 4.57 Å². The number of aromatic nitrogens is 1. The third kappa shape index (κ3) is 2.02. The van der Waals surface area contributed by atoms with Crippen molar-refractivity contribution in [3.8, 4) is 0 Å². The molecule has 1 nitrogen and oxygen atoms in total. The van der Waals surface area contributed by atoms with E-state index in [1.807, 2.05) is 0 Å². The molecule has 1 aromatic heterocycles. The monoisotopic (exact) mass is 193 g/mol. The topological polar surface area (TPSA) is 4.93 Å². The van der Waals surface area contributed by atoms with Crippen molar-refractivity contribution >= 4 is 0 Å². The molecule has 0 saturated carbocycles. The minimum atomic E-state index is 0.639. The Morgan fingerprint density at radius 2 is 1.50 bits per heavy atom. The van der Waals surface area contributed by atoms with Gasteiger partial charge in [0, 0.05) is 17.4 Å². The van der Waals surface area contributed by atoms with Crippen molar-refractivity contribution in [3.63, 3.8) is 0 Å². The summed E-state index contributed by atoms with van der Waals surface area (Å²) < 4.78 is 2.47. The Labute approximate surface area is 88.1 Å². The van der Waals surface area contributed by atoms with Gasteiger partial charge >= 0.3 is 0 Å². The van der Waals surface area contributed by atoms with E-state index in [2.05, 4.69) is 51.3 Å². The van der Waals surface area contributed by atoms with Gasteiger partial charge in [-0.15, -0.1) is 0 Å². The molecule has 0 fully saturated rings. The lowest BCUT2D eigenvalue weighted by molar-refractivity contribution is 0.326. The van der Waals surface area contributed by atoms with Crippen molar-refractivity contribution in [1.82, 2.24) is 4.57 Å². The smallest absolute Gasteiger partial charge is 0.0335 e. The normalized spacial score (nSPS) is 13.6. The number of hydrogen-bond donors (Lipinski definition) is 0. The summed E-state index contributed by atoms with van der Waals surface area (Å²) in [4.78, 5) is 0. The maximum absolute atomic E-state index is 2.47. The second-order valence-electron chi connectivity index (χ2n) is 4.30. The highest BCUT2D eigenvalue weighted by atomic mass is 15.0. The molecule has 0 spiro atoms. The Bertz CT molecular complexity index is 262. The molecule has 0 aliphatic carbocycles. The molecule has 1 heterocycles. The fourth-order valence-electron chi connectivity index (χ4n) is 2.50. The second-order valence-corrected chi connectivity index (χ2v) is 4.30. The fraction of sp³-hybridized carbons (Fsp3) is 0.692. The molecule has 0 N–H and O–H groups in total. The molecule has 14 heavy (non-hydrogen) atoms. The van der Waals surface area contributed by atoms with Crippen LogP contribution in [0, 0.1) is 19.8 Å². The quantitative estimate of drug-likeness (QED) is 0.678. The van der Waals surface area contributed by atoms with Crippen LogP contribution in [0.5, 0.6) is 0 Å². The molecule has 80 valence electrons. The van der Waals surface area contributed by atoms with Crippen LogP contribution in [0.1, 0.15) is 51.0 Å². The molecule has 1 atom stereocenters. The Kier molecular flexibility index (Phi) is 3.79. The Morgan fingerprint density at radius 1 is 1.07 bits per heavy atom. The highest BCUT2D eigenvalue weighted by Crippen LogP contribution is 2.27. The van der Waals surface area contributed by atoms with E-state index in [0.717, 1.165) is 5.92 Å². The van der Waals surface area contributed by atoms with Gasteiger partial charge in [-0.25, -0.2) is 0 Å². The van der Waals surface area contributed by atoms with Gasteiger partial charge in [0.1, 0.15) is 0 Å². The van der Waals surface area contributed by atoms with E-state index in [0.29, 0.717) is 6.04 Å². The zero-order valence-electron chi connectivity index (χ0n) is 10.2. The zero-order chi connectivity index (χ0) is 10.7. The summed E-state index contributed by atoms with van der Waals surface area (Å²) in [5.74, 6) is 0.805. The first-order valence-electron chi connectivity index (χ1n) is 5.76. The second kappa shape index (κ2) is 4.68. The fourth-order valence-corrected chi connectivity index (χ4v) is 2.50. The lowest BCUT2D eigenvalue weighted by atomic mass is 9.95. The van der Waals surface area contributed by atoms with Crippen LogP contribution in [0.2, 0.25) is 0 Å². The molecule has 0 radical (unpaired) electrons. The van der Waals surface area contributed by atoms with Crippen LogP contribution >= 0.6 is 0 Å². The minimum absolute atomic E-state index is 0.639. The van der Waals surface area contributed by atoms with Crippen LogP contribution in [0.15, 0.2) is 12.1 Å². The van der Waals surface area contributed by atoms with Gasteiger partial charge in [0.25, 0.3) is 0 Å². The molecule has 0 bridgehead atoms. The van der Waals surface area contributed by atoms with Gasteiger partial charge in [-0.05, 0) is 38.8 Å². The van der Waals surface area contributed by atoms with E-state index >= 15 is 0 Å². The van der Waals surface area contributed by atoms with Gasteiger partial charge in [-0.1, -0.05) is 26.7 Å². The number of aryl methyl sites for hydroxylation is 2. The molecular formula is C13H23N. The number of nitrogens with zero attached hydrogens (tertiary/aromatic N) is 1. The molecular weight excluding hydrogens is 170 g/mol. The van der Waals surface area contributed by atoms with Crippen LogP contribution < -0.4 is 0 Å². The van der Waals surface area contributed by atoms with Gasteiger partial charge in [0.05, 0.1) is 0 Å². The lowest BCUT2D eigenvalue weighted by Gasteiger charge is -2.26. The molecule has 0 aromatic carbocycles. The summed E-state index contributed by atoms with van der Waals surface area (Å²) in [6, 6.07) is 5.07. The molecule has 1 heteroatoms. The van der Waals surface area contributed by atoms with Crippen LogP contribution in [-0.2, 0) is 0 Å². The predicted octanol–water partition coefficient (Wildman–Crippen LogP) is 4.10. The molecule has 0 aliphatic rings. The predicted molar refractivity (Wildman–Crippen MR) is 62.7 cm³/mol. The van der Waals surface area contributed by atoms with Crippen molar-refractivity contribution in [3.05, 3.63) is 23.5 Å². The summed E-state index contributed by atoms with van der Waals surface area (Å²) in [5.41, 5.74) is 2.78. The van der Waals surface area contributed by atoms with E-state index in [1.54, 1.807) is 0 Å². The average molecular weight is 193 g/mol. The van der Waals surface area contributed by atoms with Crippen molar-refractivity contribution < 1.29 is 0 Å². The number of hydrogen-bond acceptors (Lipinski definition) is 0. The minimum Gasteiger partial charge on any atom is -0.346 e. The Morgan fingerprint density at radius 3 is 1.86 bits per heavy atom. The summed E-state index contributed by atoms with van der Waals surface area (Å²) >= 11 is 0. The van der Waals surface area contributed by atoms with E-state index in [9.17, 15) is 0 Å². The highest BCUT2D eigenvalue weighted by molar-refractivity contribution is 5.15. The average Bonchev–Trinajstić information content (AvgIpc) is 2.48. The van der Waals surface area contributed by atoms with E-state index in [1.165, 1.54) is 24.2 Å². The van der Waals surface area contributed by atoms with Crippen molar-refractivity contribution in [2.45, 2.75) is 53.5 Å². The van der Waals surface area contributed by atoms with Gasteiger partial charge in [-0.3, -0.25) is 0 Å². The van der Waals surface area contributed by atoms with Gasteiger partial charge in [-0.2, -0.15) is 0 Å². The highest BCUT2D eigenvalue weighted by Gasteiger charge is 2.17. The zero-order valence-corrected chi connectivity index (χ0v) is 10.2. The third-order valence-electron chi connectivity index (χ3n) is 3.46. The van der Waals surface area contributed by atoms with Crippen molar-refractivity contribution in [1.29, 1.82) is 0 Å². The maximum atomic E-state index is 2.47. The Balaban J connectivity index is 2.92. The molecule has 1 rings (SSSR count). The van der Waals surface area contributed by atoms with Crippen LogP contribution in [0.25, 0.3) is 0 Å². The Hall–Kier alpha value is -0.720. The molecule has 0 saturated heterocycles. The summed E-state index contributed by atoms with van der Waals surface area (Å²) in [7, 11) is 0. The van der Waals surface area contributed by atoms with Crippen molar-refractivity contribution in [2.75, 3.05) is 0 Å². The third-order valence-corrected chi connectivity index (χ3v) is 3.46. The van der Waals surface area contributed by atoms with Gasteiger partial charge in [0.2, 0.25) is 0 Å². The van der Waals surface area contributed by atoms with E-state index in [4.69, 9.17) is 0 Å². The first-order valence-corrected chi connectivity index (χ1v) is 5.76. The summed E-state index contributed by atoms with van der Waals surface area (Å²) in [6.07, 6.45) is 2.55. The summed E-state index contributed by atoms with van der Waals surface area (Å²) in [5, 5.41) is 0. The van der Waals surface area contributed by atoms with Gasteiger partial charge < -0.3 is 4.57 Å². The first-order chi connectivity index (χ1) is 6.61. The van der Waals surface area contributed by atoms with Crippen molar-refractivity contribution in [2.24, 2.45) is 5.92 Å². The van der Waals surface area contributed by atoms with Crippen LogP contribution in [0.4, 0.5) is 0 Å². The SMILES string of the molecule is CCC(CC)C(C)n1c(C)ccc1C. The first kappa shape index (κ1) is 11.4. The maximum Gasteiger partial charge on any atom is 0.0335 e. The largest absolute Gasteiger partial charge is 0.346 e. The van der Waals surface area contributed by atoms with Gasteiger partial charge in [0.15, 0.2) is 0 Å². The lowest BCUT2D eigenvalue weighted by Crippen LogP contribution is -2.17. The molecule has 0 amide bonds. The molecule has 1 aromatic rings. The molecule has 0 aliphatic heterocycles. The van der Waals surface area contributed by atoms with E-state index in [-0.39, 0.29) is 0 Å². The number of rotatable bonds is 4. The standard InChI is InChI=1S/C13H23N/c1-6-13(7-2)12(5)14-10(3)8-9-11(14)4/h8-9,12-13H,6-7H2,1-5H3. The van der Waals surface area contributed by atoms with Crippen LogP contribution in [0.3, 0.4) is 0 Å². The van der Waals surface area contributed by atoms with E-state index < -0.39 is 0 Å². The summed E-state index contributed by atoms with van der Waals surface area (Å²) in [6.45, 7) is 11.3. The molecule has 1 unspecified atom stereocenters.